The van der Waals surface area contributed by atoms with Crippen molar-refractivity contribution in [2.24, 2.45) is 0 Å². The van der Waals surface area contributed by atoms with Gasteiger partial charge in [-0.2, -0.15) is 0 Å². The van der Waals surface area contributed by atoms with E-state index in [1.54, 1.807) is 31.4 Å². The summed E-state index contributed by atoms with van der Waals surface area (Å²) < 4.78 is 19.9. The Morgan fingerprint density at radius 2 is 1.55 bits per heavy atom. The molecule has 2 rings (SSSR count). The predicted octanol–water partition coefficient (Wildman–Crippen LogP) is 1.52. The highest BCUT2D eigenvalue weighted by atomic mass is 16.6. The number of nitrogens with one attached hydrogen (secondary N) is 1. The first kappa shape index (κ1) is 21.7. The number of carbonyl (C=O) groups excluding carboxylic acids is 3. The van der Waals surface area contributed by atoms with Crippen molar-refractivity contribution in [3.05, 3.63) is 60.2 Å². The molecule has 2 aromatic rings. The molecule has 0 bridgehead atoms. The highest BCUT2D eigenvalue weighted by molar-refractivity contribution is 5.86. The Morgan fingerprint density at radius 1 is 0.897 bits per heavy atom. The highest BCUT2D eigenvalue weighted by Gasteiger charge is 2.22. The third kappa shape index (κ3) is 7.53. The lowest BCUT2D eigenvalue weighted by Gasteiger charge is -2.16. The molecule has 29 heavy (non-hydrogen) atoms. The number of hydrogen-bond acceptors (Lipinski definition) is 7. The van der Waals surface area contributed by atoms with Gasteiger partial charge >= 0.3 is 11.9 Å². The van der Waals surface area contributed by atoms with Gasteiger partial charge in [0, 0.05) is 6.42 Å². The van der Waals surface area contributed by atoms with E-state index in [9.17, 15) is 14.4 Å². The molecule has 8 nitrogen and oxygen atoms in total. The molecule has 0 heterocycles. The van der Waals surface area contributed by atoms with Crippen LogP contribution in [0.25, 0.3) is 0 Å². The molecule has 0 saturated heterocycles. The van der Waals surface area contributed by atoms with E-state index < -0.39 is 30.5 Å². The molecule has 0 spiro atoms. The molecule has 1 N–H and O–H groups in total. The molecule has 0 aliphatic rings. The van der Waals surface area contributed by atoms with Gasteiger partial charge in [-0.1, -0.05) is 30.3 Å². The van der Waals surface area contributed by atoms with Crippen LogP contribution in [0.15, 0.2) is 54.6 Å². The van der Waals surface area contributed by atoms with Crippen LogP contribution in [0.3, 0.4) is 0 Å². The molecule has 0 aromatic heterocycles. The number of hydrogen-bond donors (Lipinski definition) is 1. The van der Waals surface area contributed by atoms with Crippen molar-refractivity contribution >= 4 is 17.8 Å². The molecular weight excluding hydrogens is 378 g/mol. The summed E-state index contributed by atoms with van der Waals surface area (Å²) >= 11 is 0. The predicted molar refractivity (Wildman–Crippen MR) is 104 cm³/mol. The average Bonchev–Trinajstić information content (AvgIpc) is 2.76. The van der Waals surface area contributed by atoms with Crippen LogP contribution in [-0.4, -0.2) is 51.3 Å². The molecule has 0 aliphatic heterocycles. The number of rotatable bonds is 10. The second-order valence-electron chi connectivity index (χ2n) is 5.96. The molecule has 154 valence electrons. The van der Waals surface area contributed by atoms with Crippen LogP contribution in [0.1, 0.15) is 5.56 Å². The summed E-state index contributed by atoms with van der Waals surface area (Å²) in [6.07, 6.45) is 0.258. The van der Waals surface area contributed by atoms with Gasteiger partial charge in [-0.25, -0.2) is 9.59 Å². The first-order chi connectivity index (χ1) is 14.0. The van der Waals surface area contributed by atoms with Crippen molar-refractivity contribution < 1.29 is 33.3 Å². The standard InChI is InChI=1S/C21H23NO7/c1-26-16-8-10-17(11-9-16)28-14-20(24)29-13-19(23)22-18(21(25)27-2)12-15-6-4-3-5-7-15/h3-11,18H,12-14H2,1-2H3,(H,22,23)/t18-/m1/s1. The summed E-state index contributed by atoms with van der Waals surface area (Å²) in [6, 6.07) is 14.9. The fraction of sp³-hybridized carbons (Fsp3) is 0.286. The van der Waals surface area contributed by atoms with E-state index >= 15 is 0 Å². The third-order valence-corrected chi connectivity index (χ3v) is 3.88. The SMILES string of the molecule is COC(=O)[C@@H](Cc1ccccc1)NC(=O)COC(=O)COc1ccc(OC)cc1. The first-order valence-electron chi connectivity index (χ1n) is 8.85. The zero-order valence-electron chi connectivity index (χ0n) is 16.3. The van der Waals surface area contributed by atoms with Crippen molar-refractivity contribution in [3.8, 4) is 11.5 Å². The first-order valence-corrected chi connectivity index (χ1v) is 8.85. The van der Waals surface area contributed by atoms with Gasteiger partial charge in [0.1, 0.15) is 17.5 Å². The van der Waals surface area contributed by atoms with E-state index in [0.29, 0.717) is 11.5 Å². The van der Waals surface area contributed by atoms with Gasteiger partial charge in [0.2, 0.25) is 0 Å². The molecule has 2 aromatic carbocycles. The van der Waals surface area contributed by atoms with Crippen LogP contribution in [-0.2, 0) is 30.3 Å². The number of carbonyl (C=O) groups is 3. The van der Waals surface area contributed by atoms with Crippen LogP contribution in [0, 0.1) is 0 Å². The Balaban J connectivity index is 1.78. The Kier molecular flexibility index (Phi) is 8.50. The van der Waals surface area contributed by atoms with Crippen molar-refractivity contribution in [1.29, 1.82) is 0 Å². The van der Waals surface area contributed by atoms with Crippen LogP contribution < -0.4 is 14.8 Å². The van der Waals surface area contributed by atoms with Gasteiger partial charge < -0.3 is 24.3 Å². The molecule has 0 radical (unpaired) electrons. The van der Waals surface area contributed by atoms with E-state index in [1.165, 1.54) is 7.11 Å². The minimum atomic E-state index is -0.885. The normalized spacial score (nSPS) is 11.1. The van der Waals surface area contributed by atoms with Crippen LogP contribution in [0.4, 0.5) is 0 Å². The Morgan fingerprint density at radius 3 is 2.17 bits per heavy atom. The van der Waals surface area contributed by atoms with Crippen LogP contribution >= 0.6 is 0 Å². The zero-order valence-corrected chi connectivity index (χ0v) is 16.3. The second-order valence-corrected chi connectivity index (χ2v) is 5.96. The monoisotopic (exact) mass is 401 g/mol. The van der Waals surface area contributed by atoms with E-state index in [4.69, 9.17) is 18.9 Å². The maximum atomic E-state index is 12.1. The van der Waals surface area contributed by atoms with Gasteiger partial charge in [-0.3, -0.25) is 4.79 Å². The lowest BCUT2D eigenvalue weighted by molar-refractivity contribution is -0.151. The Bertz CT molecular complexity index is 806. The summed E-state index contributed by atoms with van der Waals surface area (Å²) in [7, 11) is 2.78. The maximum Gasteiger partial charge on any atom is 0.344 e. The molecule has 1 atom stereocenters. The van der Waals surface area contributed by atoms with Crippen molar-refractivity contribution in [3.63, 3.8) is 0 Å². The Labute approximate surface area is 168 Å². The fourth-order valence-electron chi connectivity index (χ4n) is 2.42. The topological polar surface area (TPSA) is 100 Å². The lowest BCUT2D eigenvalue weighted by Crippen LogP contribution is -2.44. The molecular formula is C21H23NO7. The smallest absolute Gasteiger partial charge is 0.344 e. The minimum Gasteiger partial charge on any atom is -0.497 e. The van der Waals surface area contributed by atoms with E-state index in [-0.39, 0.29) is 13.0 Å². The van der Waals surface area contributed by atoms with Crippen LogP contribution in [0.5, 0.6) is 11.5 Å². The van der Waals surface area contributed by atoms with E-state index in [2.05, 4.69) is 5.32 Å². The summed E-state index contributed by atoms with van der Waals surface area (Å²) in [5.74, 6) is -0.799. The number of esters is 2. The molecule has 0 saturated carbocycles. The molecule has 0 unspecified atom stereocenters. The quantitative estimate of drug-likeness (QED) is 0.603. The van der Waals surface area contributed by atoms with Gasteiger partial charge in [-0.05, 0) is 29.8 Å². The molecule has 8 heteroatoms. The number of methoxy groups -OCH3 is 2. The van der Waals surface area contributed by atoms with Gasteiger partial charge in [0.25, 0.3) is 5.91 Å². The van der Waals surface area contributed by atoms with Crippen molar-refractivity contribution in [1.82, 2.24) is 5.32 Å². The van der Waals surface area contributed by atoms with E-state index in [0.717, 1.165) is 5.56 Å². The molecule has 1 amide bonds. The molecule has 0 aliphatic carbocycles. The summed E-state index contributed by atoms with van der Waals surface area (Å²) in [4.78, 5) is 35.8. The van der Waals surface area contributed by atoms with Crippen LogP contribution in [0.2, 0.25) is 0 Å². The molecule has 0 fully saturated rings. The lowest BCUT2D eigenvalue weighted by atomic mass is 10.1. The highest BCUT2D eigenvalue weighted by Crippen LogP contribution is 2.16. The number of amides is 1. The average molecular weight is 401 g/mol. The fourth-order valence-corrected chi connectivity index (χ4v) is 2.42. The largest absolute Gasteiger partial charge is 0.497 e. The van der Waals surface area contributed by atoms with Crippen molar-refractivity contribution in [2.75, 3.05) is 27.4 Å². The van der Waals surface area contributed by atoms with Gasteiger partial charge in [0.05, 0.1) is 14.2 Å². The number of benzene rings is 2. The second kappa shape index (κ2) is 11.3. The van der Waals surface area contributed by atoms with Gasteiger partial charge in [-0.15, -0.1) is 0 Å². The summed E-state index contributed by atoms with van der Waals surface area (Å²) in [5, 5.41) is 2.51. The Hall–Kier alpha value is -3.55. The zero-order chi connectivity index (χ0) is 21.1. The van der Waals surface area contributed by atoms with Gasteiger partial charge in [0.15, 0.2) is 13.2 Å². The summed E-state index contributed by atoms with van der Waals surface area (Å²) in [5.41, 5.74) is 0.855. The maximum absolute atomic E-state index is 12.1. The minimum absolute atomic E-state index is 0.258. The third-order valence-electron chi connectivity index (χ3n) is 3.88. The van der Waals surface area contributed by atoms with Crippen molar-refractivity contribution in [2.45, 2.75) is 12.5 Å². The van der Waals surface area contributed by atoms with E-state index in [1.807, 2.05) is 30.3 Å². The number of ether oxygens (including phenoxy) is 4. The summed E-state index contributed by atoms with van der Waals surface area (Å²) in [6.45, 7) is -0.892.